The molecule has 0 spiro atoms. The molecule has 2 aliphatic rings. The summed E-state index contributed by atoms with van der Waals surface area (Å²) in [4.78, 5) is 26.1. The highest BCUT2D eigenvalue weighted by Crippen LogP contribution is 2.47. The number of hydrogen-bond acceptors (Lipinski definition) is 4. The first-order valence-electron chi connectivity index (χ1n) is 9.53. The summed E-state index contributed by atoms with van der Waals surface area (Å²) in [7, 11) is 1.37. The van der Waals surface area contributed by atoms with E-state index in [4.69, 9.17) is 4.74 Å². The van der Waals surface area contributed by atoms with Crippen LogP contribution in [0.25, 0.3) is 16.5 Å². The number of fused-ring (bicyclic) bond motifs is 3. The molecule has 29 heavy (non-hydrogen) atoms. The molecule has 1 N–H and O–H groups in total. The summed E-state index contributed by atoms with van der Waals surface area (Å²) in [6.07, 6.45) is 0. The Bertz CT molecular complexity index is 1270. The Hall–Kier alpha value is -3.66. The molecule has 0 fully saturated rings. The number of benzene rings is 3. The molecule has 142 valence electrons. The van der Waals surface area contributed by atoms with Crippen LogP contribution in [-0.2, 0) is 9.53 Å². The number of nitrogens with one attached hydrogen (secondary N) is 1. The molecule has 0 aromatic heterocycles. The maximum atomic E-state index is 13.4. The molecule has 3 aromatic rings. The van der Waals surface area contributed by atoms with E-state index in [-0.39, 0.29) is 5.78 Å². The van der Waals surface area contributed by atoms with Crippen LogP contribution in [0.1, 0.15) is 34.3 Å². The Morgan fingerprint density at radius 1 is 0.931 bits per heavy atom. The van der Waals surface area contributed by atoms with Crippen molar-refractivity contribution in [1.82, 2.24) is 5.32 Å². The third-order valence-corrected chi connectivity index (χ3v) is 5.76. The van der Waals surface area contributed by atoms with E-state index in [1.54, 1.807) is 0 Å². The highest BCUT2D eigenvalue weighted by Gasteiger charge is 2.42. The molecule has 0 saturated heterocycles. The fourth-order valence-electron chi connectivity index (χ4n) is 4.43. The van der Waals surface area contributed by atoms with Crippen molar-refractivity contribution >= 4 is 28.2 Å². The normalized spacial score (nSPS) is 17.9. The van der Waals surface area contributed by atoms with Gasteiger partial charge in [0.1, 0.15) is 0 Å². The highest BCUT2D eigenvalue weighted by atomic mass is 16.5. The smallest absolute Gasteiger partial charge is 0.336 e. The van der Waals surface area contributed by atoms with Gasteiger partial charge in [0.2, 0.25) is 0 Å². The van der Waals surface area contributed by atoms with Crippen LogP contribution >= 0.6 is 0 Å². The zero-order valence-electron chi connectivity index (χ0n) is 16.2. The number of esters is 1. The van der Waals surface area contributed by atoms with Crippen LogP contribution in [-0.4, -0.2) is 18.9 Å². The minimum atomic E-state index is -0.483. The zero-order valence-corrected chi connectivity index (χ0v) is 16.2. The first-order chi connectivity index (χ1) is 14.1. The predicted octanol–water partition coefficient (Wildman–Crippen LogP) is 4.58. The predicted molar refractivity (Wildman–Crippen MR) is 112 cm³/mol. The average Bonchev–Trinajstić information content (AvgIpc) is 3.04. The fraction of sp³-hybridized carbons (Fsp3) is 0.120. The van der Waals surface area contributed by atoms with Gasteiger partial charge in [-0.2, -0.15) is 0 Å². The van der Waals surface area contributed by atoms with E-state index in [1.165, 1.54) is 7.11 Å². The summed E-state index contributed by atoms with van der Waals surface area (Å²) in [5.41, 5.74) is 5.01. The highest BCUT2D eigenvalue weighted by molar-refractivity contribution is 6.23. The SMILES string of the molecule is COC(=O)C1=C(C)NC2=C(C(=O)c3ccccc32)C1c1ccc2ccccc2c1. The van der Waals surface area contributed by atoms with Crippen molar-refractivity contribution in [1.29, 1.82) is 0 Å². The van der Waals surface area contributed by atoms with Crippen LogP contribution < -0.4 is 5.32 Å². The molecule has 3 aromatic carbocycles. The summed E-state index contributed by atoms with van der Waals surface area (Å²) in [5.74, 6) is -0.957. The lowest BCUT2D eigenvalue weighted by atomic mass is 9.79. The maximum Gasteiger partial charge on any atom is 0.336 e. The first-order valence-corrected chi connectivity index (χ1v) is 9.53. The maximum absolute atomic E-state index is 13.4. The van der Waals surface area contributed by atoms with Gasteiger partial charge in [0.15, 0.2) is 5.78 Å². The Labute approximate surface area is 168 Å². The summed E-state index contributed by atoms with van der Waals surface area (Å²) in [6, 6.07) is 21.7. The molecule has 4 nitrogen and oxygen atoms in total. The van der Waals surface area contributed by atoms with E-state index < -0.39 is 11.9 Å². The molecule has 1 atom stereocenters. The van der Waals surface area contributed by atoms with E-state index >= 15 is 0 Å². The van der Waals surface area contributed by atoms with E-state index in [0.717, 1.165) is 27.6 Å². The van der Waals surface area contributed by atoms with Crippen LogP contribution in [0.2, 0.25) is 0 Å². The number of carbonyl (C=O) groups is 2. The molecule has 0 amide bonds. The number of ether oxygens (including phenoxy) is 1. The molecule has 4 heteroatoms. The number of hydrogen-bond donors (Lipinski definition) is 1. The topological polar surface area (TPSA) is 55.4 Å². The van der Waals surface area contributed by atoms with Gasteiger partial charge in [0, 0.05) is 28.3 Å². The van der Waals surface area contributed by atoms with Crippen molar-refractivity contribution in [2.24, 2.45) is 0 Å². The fourth-order valence-corrected chi connectivity index (χ4v) is 4.43. The number of rotatable bonds is 2. The van der Waals surface area contributed by atoms with Gasteiger partial charge in [0.25, 0.3) is 0 Å². The van der Waals surface area contributed by atoms with Gasteiger partial charge in [-0.25, -0.2) is 4.79 Å². The third-order valence-electron chi connectivity index (χ3n) is 5.76. The van der Waals surface area contributed by atoms with Gasteiger partial charge < -0.3 is 10.1 Å². The number of carbonyl (C=O) groups excluding carboxylic acids is 2. The molecule has 1 aliphatic carbocycles. The Morgan fingerprint density at radius 2 is 1.62 bits per heavy atom. The van der Waals surface area contributed by atoms with Crippen LogP contribution in [0.15, 0.2) is 83.6 Å². The Kier molecular flexibility index (Phi) is 3.88. The van der Waals surface area contributed by atoms with Gasteiger partial charge in [-0.1, -0.05) is 66.7 Å². The van der Waals surface area contributed by atoms with Gasteiger partial charge in [-0.05, 0) is 23.3 Å². The van der Waals surface area contributed by atoms with E-state index in [0.29, 0.717) is 22.4 Å². The summed E-state index contributed by atoms with van der Waals surface area (Å²) >= 11 is 0. The van der Waals surface area contributed by atoms with Crippen molar-refractivity contribution in [3.8, 4) is 0 Å². The minimum Gasteiger partial charge on any atom is -0.466 e. The summed E-state index contributed by atoms with van der Waals surface area (Å²) in [5, 5.41) is 5.48. The second-order valence-corrected chi connectivity index (χ2v) is 7.36. The van der Waals surface area contributed by atoms with Crippen LogP contribution in [0.5, 0.6) is 0 Å². The standard InChI is InChI=1S/C25H19NO3/c1-14-20(25(28)29-2)21(17-12-11-15-7-3-4-8-16(15)13-17)22-23(26-14)18-9-5-6-10-19(18)24(22)27/h3-13,21,26H,1-2H3. The molecule has 1 heterocycles. The van der Waals surface area contributed by atoms with Crippen molar-refractivity contribution in [3.05, 3.63) is 100 Å². The molecule has 1 unspecified atom stereocenters. The number of Topliss-reactive ketones (excluding diaryl/α,β-unsaturated/α-hetero) is 1. The molecular weight excluding hydrogens is 362 g/mol. The van der Waals surface area contributed by atoms with Crippen molar-refractivity contribution < 1.29 is 14.3 Å². The monoisotopic (exact) mass is 381 g/mol. The second kappa shape index (κ2) is 6.45. The third kappa shape index (κ3) is 2.53. The Morgan fingerprint density at radius 3 is 2.38 bits per heavy atom. The first kappa shape index (κ1) is 17.4. The number of dihydropyridines is 1. The molecule has 0 bridgehead atoms. The molecule has 0 radical (unpaired) electrons. The van der Waals surface area contributed by atoms with Gasteiger partial charge in [-0.15, -0.1) is 0 Å². The Balaban J connectivity index is 1.76. The second-order valence-electron chi connectivity index (χ2n) is 7.36. The van der Waals surface area contributed by atoms with Gasteiger partial charge in [0.05, 0.1) is 18.4 Å². The van der Waals surface area contributed by atoms with Crippen molar-refractivity contribution in [2.75, 3.05) is 7.11 Å². The number of ketones is 1. The lowest BCUT2D eigenvalue weighted by molar-refractivity contribution is -0.136. The number of methoxy groups -OCH3 is 1. The number of allylic oxidation sites excluding steroid dienone is 2. The van der Waals surface area contributed by atoms with E-state index in [2.05, 4.69) is 11.4 Å². The average molecular weight is 381 g/mol. The van der Waals surface area contributed by atoms with E-state index in [9.17, 15) is 9.59 Å². The molecule has 1 aliphatic heterocycles. The van der Waals surface area contributed by atoms with Crippen molar-refractivity contribution in [2.45, 2.75) is 12.8 Å². The molecule has 0 saturated carbocycles. The minimum absolute atomic E-state index is 0.0461. The van der Waals surface area contributed by atoms with E-state index in [1.807, 2.05) is 67.6 Å². The zero-order chi connectivity index (χ0) is 20.1. The van der Waals surface area contributed by atoms with Crippen LogP contribution in [0, 0.1) is 0 Å². The largest absolute Gasteiger partial charge is 0.466 e. The molecular formula is C25H19NO3. The van der Waals surface area contributed by atoms with Gasteiger partial charge >= 0.3 is 5.97 Å². The summed E-state index contributed by atoms with van der Waals surface area (Å²) in [6.45, 7) is 1.86. The summed E-state index contributed by atoms with van der Waals surface area (Å²) < 4.78 is 5.09. The quantitative estimate of drug-likeness (QED) is 0.660. The van der Waals surface area contributed by atoms with Crippen molar-refractivity contribution in [3.63, 3.8) is 0 Å². The van der Waals surface area contributed by atoms with Crippen LogP contribution in [0.4, 0.5) is 0 Å². The van der Waals surface area contributed by atoms with Crippen LogP contribution in [0.3, 0.4) is 0 Å². The molecule has 5 rings (SSSR count). The lowest BCUT2D eigenvalue weighted by Crippen LogP contribution is -2.29. The lowest BCUT2D eigenvalue weighted by Gasteiger charge is -2.29. The van der Waals surface area contributed by atoms with Gasteiger partial charge in [-0.3, -0.25) is 4.79 Å².